The lowest BCUT2D eigenvalue weighted by Crippen LogP contribution is -2.06. The number of nitrogens with one attached hydrogen (secondary N) is 1. The van der Waals surface area contributed by atoms with Crippen molar-refractivity contribution in [3.05, 3.63) is 102 Å². The molecule has 3 aromatic heterocycles. The highest BCUT2D eigenvalue weighted by molar-refractivity contribution is 5.90. The van der Waals surface area contributed by atoms with Crippen LogP contribution in [0.1, 0.15) is 30.3 Å². The molecule has 37 heavy (non-hydrogen) atoms. The number of H-pyrrole nitrogens is 1. The van der Waals surface area contributed by atoms with Crippen molar-refractivity contribution in [2.24, 2.45) is 0 Å². The van der Waals surface area contributed by atoms with Crippen LogP contribution in [0.4, 0.5) is 0 Å². The van der Waals surface area contributed by atoms with E-state index in [-0.39, 0.29) is 0 Å². The lowest BCUT2D eigenvalue weighted by Gasteiger charge is -2.11. The topological polar surface area (TPSA) is 85.2 Å². The zero-order valence-electron chi connectivity index (χ0n) is 20.9. The predicted molar refractivity (Wildman–Crippen MR) is 146 cm³/mol. The molecule has 0 radical (unpaired) electrons. The molecule has 0 spiro atoms. The summed E-state index contributed by atoms with van der Waals surface area (Å²) in [4.78, 5) is 9.85. The summed E-state index contributed by atoms with van der Waals surface area (Å²) >= 11 is 0. The second-order valence-corrected chi connectivity index (χ2v) is 9.24. The molecule has 3 heterocycles. The Morgan fingerprint density at radius 1 is 0.811 bits per heavy atom. The van der Waals surface area contributed by atoms with Gasteiger partial charge in [-0.2, -0.15) is 5.21 Å². The first-order valence-corrected chi connectivity index (χ1v) is 12.5. The molecule has 3 aromatic carbocycles. The van der Waals surface area contributed by atoms with Crippen molar-refractivity contribution in [1.29, 1.82) is 0 Å². The van der Waals surface area contributed by atoms with E-state index in [4.69, 9.17) is 9.97 Å². The van der Waals surface area contributed by atoms with Gasteiger partial charge in [0.25, 0.3) is 0 Å². The van der Waals surface area contributed by atoms with Crippen molar-refractivity contribution in [2.45, 2.75) is 33.2 Å². The van der Waals surface area contributed by atoms with Gasteiger partial charge in [0.05, 0.1) is 6.54 Å². The predicted octanol–water partition coefficient (Wildman–Crippen LogP) is 6.25. The molecule has 6 rings (SSSR count). The molecule has 0 saturated heterocycles. The molecular formula is C30H27N7. The minimum Gasteiger partial charge on any atom is -0.308 e. The Morgan fingerprint density at radius 3 is 2.27 bits per heavy atom. The summed E-state index contributed by atoms with van der Waals surface area (Å²) in [5.41, 5.74) is 9.73. The summed E-state index contributed by atoms with van der Waals surface area (Å²) < 4.78 is 2.26. The van der Waals surface area contributed by atoms with Gasteiger partial charge in [-0.25, -0.2) is 9.97 Å². The first kappa shape index (κ1) is 22.8. The van der Waals surface area contributed by atoms with Crippen LogP contribution in [0.15, 0.2) is 85.1 Å². The van der Waals surface area contributed by atoms with E-state index in [1.165, 1.54) is 11.1 Å². The highest BCUT2D eigenvalue weighted by Crippen LogP contribution is 2.31. The van der Waals surface area contributed by atoms with Crippen LogP contribution < -0.4 is 0 Å². The molecule has 0 amide bonds. The Kier molecular flexibility index (Phi) is 6.02. The SMILES string of the molecule is CCCc1nc2c(-c3ccc(C)cc3)ccnc2n1Cc1ccc(-c2ccccc2-c2nn[nH]n2)cc1. The maximum absolute atomic E-state index is 5.08. The van der Waals surface area contributed by atoms with Crippen LogP contribution in [0.2, 0.25) is 0 Å². The minimum atomic E-state index is 0.587. The Labute approximate surface area is 215 Å². The van der Waals surface area contributed by atoms with Gasteiger partial charge in [0, 0.05) is 23.7 Å². The number of fused-ring (bicyclic) bond motifs is 1. The number of aromatic amines is 1. The molecular weight excluding hydrogens is 458 g/mol. The molecule has 7 heteroatoms. The molecule has 6 aromatic rings. The van der Waals surface area contributed by atoms with Crippen LogP contribution in [0.3, 0.4) is 0 Å². The molecule has 0 aliphatic carbocycles. The number of tetrazole rings is 1. The third-order valence-corrected chi connectivity index (χ3v) is 6.67. The van der Waals surface area contributed by atoms with E-state index in [1.54, 1.807) is 0 Å². The summed E-state index contributed by atoms with van der Waals surface area (Å²) in [6, 6.07) is 27.4. The number of rotatable bonds is 7. The minimum absolute atomic E-state index is 0.587. The Bertz CT molecular complexity index is 1650. The van der Waals surface area contributed by atoms with Crippen LogP contribution in [0, 0.1) is 6.92 Å². The number of aryl methyl sites for hydroxylation is 2. The van der Waals surface area contributed by atoms with Crippen molar-refractivity contribution in [1.82, 2.24) is 35.2 Å². The van der Waals surface area contributed by atoms with Crippen molar-refractivity contribution < 1.29 is 0 Å². The zero-order chi connectivity index (χ0) is 25.2. The van der Waals surface area contributed by atoms with Crippen molar-refractivity contribution in [2.75, 3.05) is 0 Å². The normalized spacial score (nSPS) is 11.3. The van der Waals surface area contributed by atoms with E-state index >= 15 is 0 Å². The highest BCUT2D eigenvalue weighted by atomic mass is 15.5. The number of aromatic nitrogens is 7. The first-order valence-electron chi connectivity index (χ1n) is 12.5. The molecule has 0 bridgehead atoms. The van der Waals surface area contributed by atoms with Gasteiger partial charge in [-0.3, -0.25) is 0 Å². The zero-order valence-corrected chi connectivity index (χ0v) is 20.9. The van der Waals surface area contributed by atoms with Crippen molar-refractivity contribution in [3.63, 3.8) is 0 Å². The Hall–Kier alpha value is -4.65. The fraction of sp³-hybridized carbons (Fsp3) is 0.167. The second-order valence-electron chi connectivity index (χ2n) is 9.24. The maximum atomic E-state index is 5.08. The average molecular weight is 486 g/mol. The molecule has 0 saturated carbocycles. The van der Waals surface area contributed by atoms with Gasteiger partial charge < -0.3 is 4.57 Å². The van der Waals surface area contributed by atoms with Crippen LogP contribution in [0.25, 0.3) is 44.8 Å². The first-order chi connectivity index (χ1) is 18.2. The Balaban J connectivity index is 1.36. The van der Waals surface area contributed by atoms with Gasteiger partial charge in [-0.05, 0) is 46.9 Å². The number of hydrogen-bond acceptors (Lipinski definition) is 5. The van der Waals surface area contributed by atoms with Gasteiger partial charge in [0.15, 0.2) is 5.65 Å². The number of nitrogens with zero attached hydrogens (tertiary/aromatic N) is 6. The van der Waals surface area contributed by atoms with E-state index in [2.05, 4.69) is 99.7 Å². The Morgan fingerprint density at radius 2 is 1.54 bits per heavy atom. The number of imidazole rings is 1. The standard InChI is InChI=1S/C30H27N7/c1-3-6-27-32-28-25(23-13-9-20(2)10-14-23)17-18-31-30(28)37(27)19-21-11-15-22(16-12-21)24-7-4-5-8-26(24)29-33-35-36-34-29/h4-5,7-18H,3,6,19H2,1-2H3,(H,33,34,35,36). The molecule has 0 aliphatic rings. The van der Waals surface area contributed by atoms with E-state index in [0.717, 1.165) is 57.6 Å². The molecule has 0 atom stereocenters. The van der Waals surface area contributed by atoms with Gasteiger partial charge in [0.2, 0.25) is 5.82 Å². The molecule has 0 unspecified atom stereocenters. The smallest absolute Gasteiger partial charge is 0.205 e. The lowest BCUT2D eigenvalue weighted by molar-refractivity contribution is 0.717. The largest absolute Gasteiger partial charge is 0.308 e. The highest BCUT2D eigenvalue weighted by Gasteiger charge is 2.16. The van der Waals surface area contributed by atoms with Crippen LogP contribution in [0.5, 0.6) is 0 Å². The fourth-order valence-corrected chi connectivity index (χ4v) is 4.79. The van der Waals surface area contributed by atoms with Crippen molar-refractivity contribution >= 4 is 11.2 Å². The number of pyridine rings is 1. The molecule has 1 N–H and O–H groups in total. The summed E-state index contributed by atoms with van der Waals surface area (Å²) in [5, 5.41) is 14.6. The molecule has 182 valence electrons. The summed E-state index contributed by atoms with van der Waals surface area (Å²) in [6.45, 7) is 5.01. The van der Waals surface area contributed by atoms with Gasteiger partial charge in [-0.15, -0.1) is 10.2 Å². The fourth-order valence-electron chi connectivity index (χ4n) is 4.79. The average Bonchev–Trinajstić information content (AvgIpc) is 3.59. The van der Waals surface area contributed by atoms with Crippen molar-refractivity contribution in [3.8, 4) is 33.6 Å². The maximum Gasteiger partial charge on any atom is 0.205 e. The number of benzene rings is 3. The third kappa shape index (κ3) is 4.40. The lowest BCUT2D eigenvalue weighted by atomic mass is 9.98. The number of hydrogen-bond donors (Lipinski definition) is 1. The van der Waals surface area contributed by atoms with Crippen LogP contribution in [-0.4, -0.2) is 35.2 Å². The second kappa shape index (κ2) is 9.78. The molecule has 0 aliphatic heterocycles. The summed E-state index contributed by atoms with van der Waals surface area (Å²) in [7, 11) is 0. The quantitative estimate of drug-likeness (QED) is 0.289. The van der Waals surface area contributed by atoms with E-state index in [0.29, 0.717) is 12.4 Å². The van der Waals surface area contributed by atoms with Crippen LogP contribution in [-0.2, 0) is 13.0 Å². The van der Waals surface area contributed by atoms with Gasteiger partial charge in [-0.1, -0.05) is 85.3 Å². The van der Waals surface area contributed by atoms with Gasteiger partial charge >= 0.3 is 0 Å². The van der Waals surface area contributed by atoms with Crippen LogP contribution >= 0.6 is 0 Å². The van der Waals surface area contributed by atoms with Gasteiger partial charge in [0.1, 0.15) is 11.3 Å². The van der Waals surface area contributed by atoms with E-state index in [9.17, 15) is 0 Å². The summed E-state index contributed by atoms with van der Waals surface area (Å²) in [5.74, 6) is 1.65. The third-order valence-electron chi connectivity index (χ3n) is 6.67. The summed E-state index contributed by atoms with van der Waals surface area (Å²) in [6.07, 6.45) is 3.82. The van der Waals surface area contributed by atoms with E-state index in [1.807, 2.05) is 24.4 Å². The molecule has 7 nitrogen and oxygen atoms in total. The molecule has 0 fully saturated rings. The van der Waals surface area contributed by atoms with E-state index < -0.39 is 0 Å². The monoisotopic (exact) mass is 485 g/mol.